The Kier molecular flexibility index (Phi) is 3.09. The van der Waals surface area contributed by atoms with Crippen LogP contribution in [-0.2, 0) is 0 Å². The lowest BCUT2D eigenvalue weighted by molar-refractivity contribution is 0.0948. The predicted molar refractivity (Wildman–Crippen MR) is 64.4 cm³/mol. The Bertz CT molecular complexity index is 569. The van der Waals surface area contributed by atoms with Gasteiger partial charge < -0.3 is 5.32 Å². The molecule has 0 aliphatic heterocycles. The van der Waals surface area contributed by atoms with Gasteiger partial charge in [0, 0.05) is 12.6 Å². The third-order valence-corrected chi connectivity index (χ3v) is 2.32. The van der Waals surface area contributed by atoms with Crippen molar-refractivity contribution < 1.29 is 4.79 Å². The zero-order chi connectivity index (χ0) is 12.3. The fourth-order valence-corrected chi connectivity index (χ4v) is 1.59. The molecule has 0 radical (unpaired) electrons. The second-order valence-electron chi connectivity index (χ2n) is 3.54. The summed E-state index contributed by atoms with van der Waals surface area (Å²) in [5.74, 6) is -0.269. The minimum absolute atomic E-state index is 0.269. The quantitative estimate of drug-likeness (QED) is 0.824. The van der Waals surface area contributed by atoms with Crippen molar-refractivity contribution in [2.24, 2.45) is 0 Å². The van der Waals surface area contributed by atoms with E-state index in [0.717, 1.165) is 5.69 Å². The van der Waals surface area contributed by atoms with Gasteiger partial charge >= 0.3 is 0 Å². The maximum Gasteiger partial charge on any atom is 0.270 e. The summed E-state index contributed by atoms with van der Waals surface area (Å²) in [5, 5.41) is 5.27. The lowest BCUT2D eigenvalue weighted by Crippen LogP contribution is -2.25. The van der Waals surface area contributed by atoms with Crippen molar-refractivity contribution in [2.45, 2.75) is 6.92 Å². The Labute approximate surface area is 98.1 Å². The van der Waals surface area contributed by atoms with Crippen LogP contribution in [0.5, 0.6) is 0 Å². The molecule has 0 saturated heterocycles. The second-order valence-corrected chi connectivity index (χ2v) is 3.54. The summed E-state index contributed by atoms with van der Waals surface area (Å²) in [5.41, 5.74) is 0.758. The van der Waals surface area contributed by atoms with Crippen LogP contribution in [0, 0.1) is 0 Å². The first-order chi connectivity index (χ1) is 8.22. The van der Waals surface area contributed by atoms with Crippen LogP contribution in [-0.4, -0.2) is 22.2 Å². The van der Waals surface area contributed by atoms with Crippen molar-refractivity contribution >= 4 is 5.91 Å². The van der Waals surface area contributed by atoms with Crippen molar-refractivity contribution in [1.29, 1.82) is 0 Å². The average Bonchev–Trinajstić information content (AvgIpc) is 2.73. The smallest absolute Gasteiger partial charge is 0.270 e. The summed E-state index contributed by atoms with van der Waals surface area (Å²) in [6.07, 6.45) is 0. The molecule has 0 unspecified atom stereocenters. The normalized spacial score (nSPS) is 10.2. The predicted octanol–water partition coefficient (Wildman–Crippen LogP) is 0.915. The van der Waals surface area contributed by atoms with E-state index in [1.807, 2.05) is 37.3 Å². The van der Waals surface area contributed by atoms with Gasteiger partial charge in [0.1, 0.15) is 5.69 Å². The van der Waals surface area contributed by atoms with E-state index < -0.39 is 0 Å². The van der Waals surface area contributed by atoms with E-state index >= 15 is 0 Å². The van der Waals surface area contributed by atoms with E-state index in [-0.39, 0.29) is 11.5 Å². The molecule has 2 N–H and O–H groups in total. The zero-order valence-corrected chi connectivity index (χ0v) is 9.43. The summed E-state index contributed by atoms with van der Waals surface area (Å²) < 4.78 is 1.48. The van der Waals surface area contributed by atoms with Gasteiger partial charge in [0.05, 0.1) is 5.69 Å². The van der Waals surface area contributed by atoms with Crippen molar-refractivity contribution in [3.63, 3.8) is 0 Å². The third kappa shape index (κ3) is 2.28. The van der Waals surface area contributed by atoms with Crippen LogP contribution in [0.2, 0.25) is 0 Å². The highest BCUT2D eigenvalue weighted by Crippen LogP contribution is 2.07. The number of carbonyl (C=O) groups excluding carboxylic acids is 1. The molecule has 0 atom stereocenters. The number of nitrogens with one attached hydrogen (secondary N) is 2. The van der Waals surface area contributed by atoms with Gasteiger partial charge in [-0.3, -0.25) is 14.7 Å². The number of aromatic nitrogens is 2. The largest absolute Gasteiger partial charge is 0.351 e. The Morgan fingerprint density at radius 1 is 1.35 bits per heavy atom. The van der Waals surface area contributed by atoms with E-state index in [1.54, 1.807) is 0 Å². The fraction of sp³-hybridized carbons (Fsp3) is 0.167. The molecule has 2 aromatic rings. The lowest BCUT2D eigenvalue weighted by Gasteiger charge is -2.07. The number of aromatic amines is 1. The number of para-hydroxylation sites is 1. The molecule has 1 aromatic heterocycles. The van der Waals surface area contributed by atoms with Gasteiger partial charge in [-0.25, -0.2) is 4.68 Å². The average molecular weight is 231 g/mol. The summed E-state index contributed by atoms with van der Waals surface area (Å²) in [6, 6.07) is 10.5. The molecule has 17 heavy (non-hydrogen) atoms. The van der Waals surface area contributed by atoms with E-state index in [4.69, 9.17) is 0 Å². The number of carbonyl (C=O) groups is 1. The Hall–Kier alpha value is -2.30. The highest BCUT2D eigenvalue weighted by Gasteiger charge is 2.13. The van der Waals surface area contributed by atoms with Crippen molar-refractivity contribution in [3.8, 4) is 5.69 Å². The third-order valence-electron chi connectivity index (χ3n) is 2.32. The number of hydrogen-bond acceptors (Lipinski definition) is 2. The summed E-state index contributed by atoms with van der Waals surface area (Å²) in [6.45, 7) is 2.35. The number of amides is 1. The molecule has 0 saturated carbocycles. The molecular formula is C12H13N3O2. The van der Waals surface area contributed by atoms with Gasteiger partial charge in [-0.15, -0.1) is 0 Å². The molecule has 1 amide bonds. The van der Waals surface area contributed by atoms with Gasteiger partial charge in [-0.05, 0) is 19.1 Å². The van der Waals surface area contributed by atoms with Crippen LogP contribution in [0.15, 0.2) is 41.2 Å². The van der Waals surface area contributed by atoms with Gasteiger partial charge in [0.15, 0.2) is 0 Å². The zero-order valence-electron chi connectivity index (χ0n) is 9.43. The van der Waals surface area contributed by atoms with Crippen LogP contribution in [0.4, 0.5) is 0 Å². The molecule has 0 bridgehead atoms. The Balaban J connectivity index is 2.48. The molecule has 1 aromatic carbocycles. The van der Waals surface area contributed by atoms with E-state index in [2.05, 4.69) is 10.4 Å². The van der Waals surface area contributed by atoms with Crippen LogP contribution >= 0.6 is 0 Å². The maximum atomic E-state index is 11.8. The molecule has 0 spiro atoms. The van der Waals surface area contributed by atoms with Crippen molar-refractivity contribution in [3.05, 3.63) is 52.4 Å². The molecule has 88 valence electrons. The molecule has 1 heterocycles. The first-order valence-corrected chi connectivity index (χ1v) is 5.38. The molecule has 5 nitrogen and oxygen atoms in total. The first kappa shape index (κ1) is 11.2. The second kappa shape index (κ2) is 4.69. The molecule has 0 aliphatic carbocycles. The van der Waals surface area contributed by atoms with Crippen LogP contribution in [0.25, 0.3) is 5.69 Å². The summed E-state index contributed by atoms with van der Waals surface area (Å²) >= 11 is 0. The fourth-order valence-electron chi connectivity index (χ4n) is 1.59. The number of H-pyrrole nitrogens is 1. The summed E-state index contributed by atoms with van der Waals surface area (Å²) in [4.78, 5) is 23.1. The molecule has 0 aliphatic rings. The van der Waals surface area contributed by atoms with E-state index in [0.29, 0.717) is 12.2 Å². The van der Waals surface area contributed by atoms with Crippen molar-refractivity contribution in [1.82, 2.24) is 15.1 Å². The van der Waals surface area contributed by atoms with Gasteiger partial charge in [0.2, 0.25) is 0 Å². The van der Waals surface area contributed by atoms with E-state index in [1.165, 1.54) is 10.7 Å². The molecule has 2 rings (SSSR count). The highest BCUT2D eigenvalue weighted by atomic mass is 16.2. The molecule has 0 fully saturated rings. The Morgan fingerprint density at radius 3 is 2.71 bits per heavy atom. The van der Waals surface area contributed by atoms with Gasteiger partial charge in [-0.2, -0.15) is 0 Å². The Morgan fingerprint density at radius 2 is 2.06 bits per heavy atom. The number of benzene rings is 1. The van der Waals surface area contributed by atoms with Crippen LogP contribution in [0.3, 0.4) is 0 Å². The first-order valence-electron chi connectivity index (χ1n) is 5.38. The van der Waals surface area contributed by atoms with Crippen LogP contribution < -0.4 is 10.9 Å². The van der Waals surface area contributed by atoms with E-state index in [9.17, 15) is 9.59 Å². The number of nitrogens with zero attached hydrogens (tertiary/aromatic N) is 1. The minimum atomic E-state index is -0.296. The van der Waals surface area contributed by atoms with Gasteiger partial charge in [0.25, 0.3) is 11.5 Å². The number of rotatable bonds is 3. The maximum absolute atomic E-state index is 11.8. The SMILES string of the molecule is CCNC(=O)c1cc(=O)[nH]n1-c1ccccc1. The lowest BCUT2D eigenvalue weighted by atomic mass is 10.3. The van der Waals surface area contributed by atoms with Gasteiger partial charge in [-0.1, -0.05) is 18.2 Å². The minimum Gasteiger partial charge on any atom is -0.351 e. The monoisotopic (exact) mass is 231 g/mol. The molecule has 5 heteroatoms. The standard InChI is InChI=1S/C12H13N3O2/c1-2-13-12(17)10-8-11(16)14-15(10)9-6-4-3-5-7-9/h3-8H,2H2,1H3,(H,13,17)(H,14,16). The number of hydrogen-bond donors (Lipinski definition) is 2. The summed E-state index contributed by atoms with van der Waals surface area (Å²) in [7, 11) is 0. The van der Waals surface area contributed by atoms with Crippen LogP contribution in [0.1, 0.15) is 17.4 Å². The highest BCUT2D eigenvalue weighted by molar-refractivity contribution is 5.92. The topological polar surface area (TPSA) is 66.9 Å². The van der Waals surface area contributed by atoms with Crippen molar-refractivity contribution in [2.75, 3.05) is 6.54 Å². The molecular weight excluding hydrogens is 218 g/mol.